The minimum Gasteiger partial charge on any atom is -0.380 e. The third kappa shape index (κ3) is 4.40. The molecule has 3 heteroatoms. The number of rotatable bonds is 7. The van der Waals surface area contributed by atoms with Gasteiger partial charge in [-0.3, -0.25) is 0 Å². The molecule has 1 saturated carbocycles. The van der Waals surface area contributed by atoms with Crippen molar-refractivity contribution in [2.45, 2.75) is 51.7 Å². The molecule has 0 saturated heterocycles. The molecule has 0 bridgehead atoms. The summed E-state index contributed by atoms with van der Waals surface area (Å²) in [7, 11) is 1.82. The van der Waals surface area contributed by atoms with E-state index in [0.717, 1.165) is 19.0 Å². The van der Waals surface area contributed by atoms with Crippen LogP contribution in [0.15, 0.2) is 0 Å². The zero-order valence-electron chi connectivity index (χ0n) is 11.0. The number of nitrogens with two attached hydrogens (primary N) is 1. The zero-order chi connectivity index (χ0) is 12.0. The van der Waals surface area contributed by atoms with Crippen molar-refractivity contribution in [3.05, 3.63) is 0 Å². The summed E-state index contributed by atoms with van der Waals surface area (Å²) in [6.07, 6.45) is 5.36. The molecule has 0 amide bonds. The topological polar surface area (TPSA) is 47.3 Å². The van der Waals surface area contributed by atoms with Crippen LogP contribution in [0.1, 0.15) is 39.5 Å². The largest absolute Gasteiger partial charge is 0.380 e. The minimum absolute atomic E-state index is 0.414. The fraction of sp³-hybridized carbons (Fsp3) is 1.00. The molecule has 1 fully saturated rings. The third-order valence-corrected chi connectivity index (χ3v) is 3.56. The van der Waals surface area contributed by atoms with Crippen LogP contribution in [-0.4, -0.2) is 32.3 Å². The fourth-order valence-electron chi connectivity index (χ4n) is 2.69. The summed E-state index contributed by atoms with van der Waals surface area (Å²) in [4.78, 5) is 0. The van der Waals surface area contributed by atoms with E-state index in [1.54, 1.807) is 0 Å². The Balaban J connectivity index is 2.25. The van der Waals surface area contributed by atoms with Gasteiger partial charge >= 0.3 is 0 Å². The third-order valence-electron chi connectivity index (χ3n) is 3.56. The standard InChI is InChI=1S/C13H28N2O/c1-10(2)7-11(8-14)9-15-12-5-4-6-13(12)16-3/h10-13,15H,4-9,14H2,1-3H3. The SMILES string of the molecule is COC1CCCC1NCC(CN)CC(C)C. The van der Waals surface area contributed by atoms with Crippen LogP contribution in [0.3, 0.4) is 0 Å². The van der Waals surface area contributed by atoms with E-state index in [0.29, 0.717) is 18.1 Å². The summed E-state index contributed by atoms with van der Waals surface area (Å²) in [5.74, 6) is 1.34. The smallest absolute Gasteiger partial charge is 0.0724 e. The predicted molar refractivity (Wildman–Crippen MR) is 68.4 cm³/mol. The predicted octanol–water partition coefficient (Wildman–Crippen LogP) is 1.76. The normalized spacial score (nSPS) is 27.6. The zero-order valence-corrected chi connectivity index (χ0v) is 11.0. The first-order valence-corrected chi connectivity index (χ1v) is 6.63. The second-order valence-corrected chi connectivity index (χ2v) is 5.45. The van der Waals surface area contributed by atoms with Gasteiger partial charge < -0.3 is 15.8 Å². The Bertz CT molecular complexity index is 185. The first-order valence-electron chi connectivity index (χ1n) is 6.63. The lowest BCUT2D eigenvalue weighted by Gasteiger charge is -2.24. The van der Waals surface area contributed by atoms with E-state index in [9.17, 15) is 0 Å². The molecule has 0 aromatic rings. The maximum absolute atomic E-state index is 5.80. The van der Waals surface area contributed by atoms with Crippen LogP contribution in [0, 0.1) is 11.8 Å². The molecule has 3 atom stereocenters. The molecule has 0 radical (unpaired) electrons. The maximum atomic E-state index is 5.80. The molecule has 0 heterocycles. The quantitative estimate of drug-likeness (QED) is 0.698. The fourth-order valence-corrected chi connectivity index (χ4v) is 2.69. The van der Waals surface area contributed by atoms with Crippen LogP contribution in [0.2, 0.25) is 0 Å². The van der Waals surface area contributed by atoms with Crippen LogP contribution >= 0.6 is 0 Å². The molecule has 0 aromatic carbocycles. The number of nitrogens with one attached hydrogen (secondary N) is 1. The average molecular weight is 228 g/mol. The van der Waals surface area contributed by atoms with E-state index in [1.165, 1.54) is 25.7 Å². The average Bonchev–Trinajstić information content (AvgIpc) is 2.70. The van der Waals surface area contributed by atoms with Gasteiger partial charge in [0.05, 0.1) is 6.10 Å². The Morgan fingerprint density at radius 1 is 1.38 bits per heavy atom. The van der Waals surface area contributed by atoms with Crippen molar-refractivity contribution >= 4 is 0 Å². The molecule has 1 aliphatic rings. The first kappa shape index (κ1) is 13.9. The van der Waals surface area contributed by atoms with Crippen LogP contribution in [0.25, 0.3) is 0 Å². The molecule has 0 aromatic heterocycles. The van der Waals surface area contributed by atoms with E-state index in [-0.39, 0.29) is 0 Å². The lowest BCUT2D eigenvalue weighted by Crippen LogP contribution is -2.41. The molecule has 3 nitrogen and oxygen atoms in total. The minimum atomic E-state index is 0.414. The molecule has 3 N–H and O–H groups in total. The van der Waals surface area contributed by atoms with E-state index >= 15 is 0 Å². The molecule has 3 unspecified atom stereocenters. The van der Waals surface area contributed by atoms with Gasteiger partial charge in [0.1, 0.15) is 0 Å². The number of hydrogen-bond donors (Lipinski definition) is 2. The van der Waals surface area contributed by atoms with Crippen molar-refractivity contribution in [1.29, 1.82) is 0 Å². The summed E-state index contributed by atoms with van der Waals surface area (Å²) >= 11 is 0. The number of ether oxygens (including phenoxy) is 1. The van der Waals surface area contributed by atoms with Crippen LogP contribution in [0.5, 0.6) is 0 Å². The van der Waals surface area contributed by atoms with Crippen LogP contribution in [0.4, 0.5) is 0 Å². The second kappa shape index (κ2) is 7.25. The van der Waals surface area contributed by atoms with E-state index in [1.807, 2.05) is 7.11 Å². The summed E-state index contributed by atoms with van der Waals surface area (Å²) in [5, 5.41) is 3.63. The molecule has 16 heavy (non-hydrogen) atoms. The lowest BCUT2D eigenvalue weighted by atomic mass is 9.97. The van der Waals surface area contributed by atoms with Gasteiger partial charge in [-0.15, -0.1) is 0 Å². The molecule has 1 rings (SSSR count). The Kier molecular flexibility index (Phi) is 6.32. The van der Waals surface area contributed by atoms with Crippen LogP contribution < -0.4 is 11.1 Å². The Morgan fingerprint density at radius 3 is 2.69 bits per heavy atom. The van der Waals surface area contributed by atoms with E-state index in [4.69, 9.17) is 10.5 Å². The van der Waals surface area contributed by atoms with Gasteiger partial charge in [0, 0.05) is 13.2 Å². The highest BCUT2D eigenvalue weighted by molar-refractivity contribution is 4.84. The van der Waals surface area contributed by atoms with Crippen molar-refractivity contribution in [2.24, 2.45) is 17.6 Å². The van der Waals surface area contributed by atoms with Gasteiger partial charge in [0.25, 0.3) is 0 Å². The van der Waals surface area contributed by atoms with Gasteiger partial charge in [-0.25, -0.2) is 0 Å². The van der Waals surface area contributed by atoms with Crippen molar-refractivity contribution in [3.63, 3.8) is 0 Å². The van der Waals surface area contributed by atoms with Crippen LogP contribution in [-0.2, 0) is 4.74 Å². The van der Waals surface area contributed by atoms with Crippen molar-refractivity contribution < 1.29 is 4.74 Å². The summed E-state index contributed by atoms with van der Waals surface area (Å²) in [6.45, 7) is 6.35. The lowest BCUT2D eigenvalue weighted by molar-refractivity contribution is 0.0836. The molecule has 96 valence electrons. The number of hydrogen-bond acceptors (Lipinski definition) is 3. The molecular formula is C13H28N2O. The highest BCUT2D eigenvalue weighted by atomic mass is 16.5. The summed E-state index contributed by atoms with van der Waals surface area (Å²) in [6, 6.07) is 0.547. The second-order valence-electron chi connectivity index (χ2n) is 5.45. The molecule has 0 aliphatic heterocycles. The number of methoxy groups -OCH3 is 1. The monoisotopic (exact) mass is 228 g/mol. The first-order chi connectivity index (χ1) is 7.67. The Labute approximate surface area is 100 Å². The summed E-state index contributed by atoms with van der Waals surface area (Å²) < 4.78 is 5.48. The van der Waals surface area contributed by atoms with Gasteiger partial charge in [0.2, 0.25) is 0 Å². The van der Waals surface area contributed by atoms with E-state index < -0.39 is 0 Å². The Morgan fingerprint density at radius 2 is 2.12 bits per heavy atom. The highest BCUT2D eigenvalue weighted by Gasteiger charge is 2.27. The van der Waals surface area contributed by atoms with E-state index in [2.05, 4.69) is 19.2 Å². The van der Waals surface area contributed by atoms with Gasteiger partial charge in [-0.2, -0.15) is 0 Å². The maximum Gasteiger partial charge on any atom is 0.0724 e. The molecule has 0 spiro atoms. The Hall–Kier alpha value is -0.120. The van der Waals surface area contributed by atoms with Gasteiger partial charge in [0.15, 0.2) is 0 Å². The van der Waals surface area contributed by atoms with Gasteiger partial charge in [-0.05, 0) is 50.6 Å². The molecular weight excluding hydrogens is 200 g/mol. The van der Waals surface area contributed by atoms with Gasteiger partial charge in [-0.1, -0.05) is 13.8 Å². The molecule has 1 aliphatic carbocycles. The van der Waals surface area contributed by atoms with Crippen molar-refractivity contribution in [3.8, 4) is 0 Å². The highest BCUT2D eigenvalue weighted by Crippen LogP contribution is 2.22. The summed E-state index contributed by atoms with van der Waals surface area (Å²) in [5.41, 5.74) is 5.80. The van der Waals surface area contributed by atoms with Crippen molar-refractivity contribution in [1.82, 2.24) is 5.32 Å². The van der Waals surface area contributed by atoms with Crippen molar-refractivity contribution in [2.75, 3.05) is 20.2 Å².